The number of H-pyrrole nitrogens is 1. The van der Waals surface area contributed by atoms with Gasteiger partial charge in [-0.15, -0.1) is 0 Å². The number of ether oxygens (including phenoxy) is 1. The molecule has 0 bridgehead atoms. The Labute approximate surface area is 144 Å². The first kappa shape index (κ1) is 16.1. The molecule has 132 valence electrons. The smallest absolute Gasteiger partial charge is 0.274 e. The van der Waals surface area contributed by atoms with Gasteiger partial charge in [-0.05, 0) is 45.1 Å². The Balaban J connectivity index is 1.49. The van der Waals surface area contributed by atoms with Crippen molar-refractivity contribution in [2.75, 3.05) is 13.7 Å². The summed E-state index contributed by atoms with van der Waals surface area (Å²) < 4.78 is 6.02. The zero-order valence-corrected chi connectivity index (χ0v) is 14.9. The second kappa shape index (κ2) is 6.17. The second-order valence-corrected chi connectivity index (χ2v) is 7.89. The maximum Gasteiger partial charge on any atom is 0.274 e. The Bertz CT molecular complexity index is 602. The first-order valence-electron chi connectivity index (χ1n) is 9.60. The Morgan fingerprint density at radius 2 is 2.12 bits per heavy atom. The molecule has 3 saturated carbocycles. The number of nitrogens with zero attached hydrogens (tertiary/aromatic N) is 2. The first-order valence-corrected chi connectivity index (χ1v) is 9.60. The first-order chi connectivity index (χ1) is 11.7. The van der Waals surface area contributed by atoms with Gasteiger partial charge in [-0.25, -0.2) is 0 Å². The average molecular weight is 331 g/mol. The van der Waals surface area contributed by atoms with Crippen LogP contribution in [-0.4, -0.2) is 46.8 Å². The Morgan fingerprint density at radius 1 is 1.38 bits per heavy atom. The third-order valence-corrected chi connectivity index (χ3v) is 6.52. The molecular weight excluding hydrogens is 302 g/mol. The number of amides is 1. The van der Waals surface area contributed by atoms with Crippen molar-refractivity contribution in [3.8, 4) is 0 Å². The van der Waals surface area contributed by atoms with Crippen LogP contribution in [0.1, 0.15) is 80.4 Å². The van der Waals surface area contributed by atoms with Gasteiger partial charge in [0.25, 0.3) is 5.91 Å². The lowest BCUT2D eigenvalue weighted by Gasteiger charge is -2.60. The molecule has 5 heteroatoms. The van der Waals surface area contributed by atoms with E-state index in [-0.39, 0.29) is 11.3 Å². The van der Waals surface area contributed by atoms with Crippen molar-refractivity contribution in [1.29, 1.82) is 0 Å². The number of aromatic nitrogens is 2. The van der Waals surface area contributed by atoms with Crippen molar-refractivity contribution in [3.63, 3.8) is 0 Å². The van der Waals surface area contributed by atoms with Crippen molar-refractivity contribution in [2.24, 2.45) is 5.41 Å². The summed E-state index contributed by atoms with van der Waals surface area (Å²) in [6.07, 6.45) is 9.93. The quantitative estimate of drug-likeness (QED) is 0.898. The van der Waals surface area contributed by atoms with E-state index < -0.39 is 0 Å². The highest BCUT2D eigenvalue weighted by molar-refractivity contribution is 5.92. The van der Waals surface area contributed by atoms with Gasteiger partial charge < -0.3 is 9.64 Å². The molecule has 0 unspecified atom stereocenters. The lowest BCUT2D eigenvalue weighted by atomic mass is 9.54. The van der Waals surface area contributed by atoms with Crippen LogP contribution in [0.15, 0.2) is 6.07 Å². The van der Waals surface area contributed by atoms with Crippen molar-refractivity contribution in [1.82, 2.24) is 15.1 Å². The van der Waals surface area contributed by atoms with Gasteiger partial charge in [0, 0.05) is 36.7 Å². The van der Waals surface area contributed by atoms with Gasteiger partial charge in [-0.2, -0.15) is 5.10 Å². The minimum absolute atomic E-state index is 0.0584. The fraction of sp³-hybridized carbons (Fsp3) is 0.789. The van der Waals surface area contributed by atoms with E-state index in [4.69, 9.17) is 4.74 Å². The molecule has 2 atom stereocenters. The van der Waals surface area contributed by atoms with E-state index in [1.807, 2.05) is 18.0 Å². The van der Waals surface area contributed by atoms with Crippen LogP contribution in [0, 0.1) is 5.41 Å². The predicted octanol–water partition coefficient (Wildman–Crippen LogP) is 3.49. The van der Waals surface area contributed by atoms with E-state index >= 15 is 0 Å². The molecule has 4 rings (SSSR count). The van der Waals surface area contributed by atoms with Crippen LogP contribution in [0.3, 0.4) is 0 Å². The third kappa shape index (κ3) is 2.57. The van der Waals surface area contributed by atoms with Gasteiger partial charge in [-0.1, -0.05) is 19.3 Å². The molecule has 1 amide bonds. The maximum absolute atomic E-state index is 12.9. The SMILES string of the molecule is CCO[C@@H]1C[C@H](N(C)C(=O)c2cc(C3CC3)[nH]n2)C12CCCCC2. The van der Waals surface area contributed by atoms with Crippen LogP contribution in [0.2, 0.25) is 0 Å². The van der Waals surface area contributed by atoms with E-state index in [1.165, 1.54) is 44.9 Å². The Hall–Kier alpha value is -1.36. The lowest BCUT2D eigenvalue weighted by Crippen LogP contribution is -2.65. The number of nitrogens with one attached hydrogen (secondary N) is 1. The zero-order valence-electron chi connectivity index (χ0n) is 14.9. The van der Waals surface area contributed by atoms with Gasteiger partial charge in [0.1, 0.15) is 5.69 Å². The molecule has 3 fully saturated rings. The van der Waals surface area contributed by atoms with Crippen LogP contribution < -0.4 is 0 Å². The molecule has 0 saturated heterocycles. The molecule has 1 spiro atoms. The minimum Gasteiger partial charge on any atom is -0.378 e. The van der Waals surface area contributed by atoms with Crippen LogP contribution in [0.5, 0.6) is 0 Å². The summed E-state index contributed by atoms with van der Waals surface area (Å²) in [5, 5.41) is 7.34. The fourth-order valence-electron chi connectivity index (χ4n) is 4.94. The van der Waals surface area contributed by atoms with Crippen molar-refractivity contribution >= 4 is 5.91 Å². The molecule has 1 heterocycles. The lowest BCUT2D eigenvalue weighted by molar-refractivity contribution is -0.170. The van der Waals surface area contributed by atoms with Gasteiger partial charge in [0.15, 0.2) is 0 Å². The Kier molecular flexibility index (Phi) is 4.15. The number of hydrogen-bond donors (Lipinski definition) is 1. The molecular formula is C19H29N3O2. The van der Waals surface area contributed by atoms with Gasteiger partial charge in [-0.3, -0.25) is 9.89 Å². The molecule has 3 aliphatic rings. The molecule has 1 aromatic heterocycles. The summed E-state index contributed by atoms with van der Waals surface area (Å²) in [6.45, 7) is 2.84. The number of rotatable bonds is 5. The molecule has 1 aromatic rings. The number of carbonyl (C=O) groups is 1. The highest BCUT2D eigenvalue weighted by Gasteiger charge is 2.58. The Morgan fingerprint density at radius 3 is 2.79 bits per heavy atom. The van der Waals surface area contributed by atoms with Crippen molar-refractivity contribution < 1.29 is 9.53 Å². The highest BCUT2D eigenvalue weighted by Crippen LogP contribution is 2.55. The number of carbonyl (C=O) groups excluding carboxylic acids is 1. The fourth-order valence-corrected chi connectivity index (χ4v) is 4.94. The number of aromatic amines is 1. The maximum atomic E-state index is 12.9. The summed E-state index contributed by atoms with van der Waals surface area (Å²) in [5.74, 6) is 0.656. The van der Waals surface area contributed by atoms with E-state index in [0.717, 1.165) is 18.7 Å². The van der Waals surface area contributed by atoms with E-state index in [2.05, 4.69) is 17.1 Å². The van der Waals surface area contributed by atoms with E-state index in [1.54, 1.807) is 0 Å². The van der Waals surface area contributed by atoms with Crippen LogP contribution in [0.4, 0.5) is 0 Å². The second-order valence-electron chi connectivity index (χ2n) is 7.89. The third-order valence-electron chi connectivity index (χ3n) is 6.52. The molecule has 0 aromatic carbocycles. The summed E-state index contributed by atoms with van der Waals surface area (Å²) >= 11 is 0. The van der Waals surface area contributed by atoms with Crippen molar-refractivity contribution in [2.45, 2.75) is 76.4 Å². The van der Waals surface area contributed by atoms with Crippen LogP contribution in [0.25, 0.3) is 0 Å². The van der Waals surface area contributed by atoms with E-state index in [0.29, 0.717) is 23.8 Å². The molecule has 0 radical (unpaired) electrons. The monoisotopic (exact) mass is 331 g/mol. The van der Waals surface area contributed by atoms with Gasteiger partial charge >= 0.3 is 0 Å². The van der Waals surface area contributed by atoms with Gasteiger partial charge in [0.2, 0.25) is 0 Å². The average Bonchev–Trinajstić information content (AvgIpc) is 3.35. The van der Waals surface area contributed by atoms with Crippen LogP contribution in [-0.2, 0) is 4.74 Å². The zero-order chi connectivity index (χ0) is 16.7. The summed E-state index contributed by atoms with van der Waals surface area (Å²) in [6, 6.07) is 2.26. The molecule has 1 N–H and O–H groups in total. The summed E-state index contributed by atoms with van der Waals surface area (Å²) in [4.78, 5) is 14.9. The number of hydrogen-bond acceptors (Lipinski definition) is 3. The largest absolute Gasteiger partial charge is 0.378 e. The summed E-state index contributed by atoms with van der Waals surface area (Å²) in [7, 11) is 1.96. The predicted molar refractivity (Wildman–Crippen MR) is 92.0 cm³/mol. The molecule has 3 aliphatic carbocycles. The topological polar surface area (TPSA) is 58.2 Å². The van der Waals surface area contributed by atoms with Gasteiger partial charge in [0.05, 0.1) is 6.10 Å². The molecule has 0 aliphatic heterocycles. The molecule has 5 nitrogen and oxygen atoms in total. The van der Waals surface area contributed by atoms with Crippen molar-refractivity contribution in [3.05, 3.63) is 17.5 Å². The van der Waals surface area contributed by atoms with E-state index in [9.17, 15) is 4.79 Å². The minimum atomic E-state index is 0.0584. The standard InChI is InChI=1S/C19H29N3O2/c1-3-24-17-12-16(19(17)9-5-4-6-10-19)22(2)18(23)15-11-14(20-21-15)13-7-8-13/h11,13,16-17H,3-10,12H2,1-2H3,(H,20,21)/t16-,17+/m0/s1. The normalized spacial score (nSPS) is 28.6. The summed E-state index contributed by atoms with van der Waals surface area (Å²) in [5.41, 5.74) is 1.87. The highest BCUT2D eigenvalue weighted by atomic mass is 16.5. The molecule has 24 heavy (non-hydrogen) atoms. The van der Waals surface area contributed by atoms with Crippen LogP contribution >= 0.6 is 0 Å².